The van der Waals surface area contributed by atoms with Crippen molar-refractivity contribution in [2.45, 2.75) is 26.7 Å². The molecule has 0 aliphatic rings. The van der Waals surface area contributed by atoms with E-state index in [0.29, 0.717) is 34.8 Å². The average molecular weight is 416 g/mol. The van der Waals surface area contributed by atoms with E-state index in [2.05, 4.69) is 4.98 Å². The van der Waals surface area contributed by atoms with Gasteiger partial charge in [0.15, 0.2) is 0 Å². The van der Waals surface area contributed by atoms with Crippen LogP contribution in [0.4, 0.5) is 0 Å². The van der Waals surface area contributed by atoms with Gasteiger partial charge in [-0.15, -0.1) is 0 Å². The lowest BCUT2D eigenvalue weighted by molar-refractivity contribution is 0.266. The van der Waals surface area contributed by atoms with Crippen molar-refractivity contribution in [2.24, 2.45) is 7.05 Å². The first-order valence-corrected chi connectivity index (χ1v) is 10.1. The van der Waals surface area contributed by atoms with E-state index in [4.69, 9.17) is 9.47 Å². The Balaban J connectivity index is 1.47. The number of para-hydroxylation sites is 1. The normalized spacial score (nSPS) is 10.9. The molecule has 158 valence electrons. The van der Waals surface area contributed by atoms with Crippen LogP contribution >= 0.6 is 0 Å². The predicted molar refractivity (Wildman–Crippen MR) is 119 cm³/mol. The number of hydrogen-bond donors (Lipinski definition) is 1. The first kappa shape index (κ1) is 20.6. The minimum atomic E-state index is -0.0980. The Hall–Kier alpha value is -3.64. The standard InChI is InChI=1S/C25H24N2O4/c1-17-7-5-8-18(22(17)14-28)15-30-19-9-6-10-20(13-19)31-16-24-26-23-12-4-3-11-21(23)25(29)27(24)2/h3-13,28H,14-16H2,1-2H3. The number of nitrogens with zero attached hydrogens (tertiary/aromatic N) is 2. The molecule has 0 unspecified atom stereocenters. The first-order valence-electron chi connectivity index (χ1n) is 10.1. The topological polar surface area (TPSA) is 73.6 Å². The van der Waals surface area contributed by atoms with Gasteiger partial charge in [-0.3, -0.25) is 9.36 Å². The summed E-state index contributed by atoms with van der Waals surface area (Å²) in [7, 11) is 1.70. The number of aliphatic hydroxyl groups excluding tert-OH is 1. The zero-order chi connectivity index (χ0) is 21.8. The molecule has 0 saturated heterocycles. The summed E-state index contributed by atoms with van der Waals surface area (Å²) in [5.74, 6) is 1.82. The summed E-state index contributed by atoms with van der Waals surface area (Å²) < 4.78 is 13.3. The fourth-order valence-electron chi connectivity index (χ4n) is 3.48. The highest BCUT2D eigenvalue weighted by Gasteiger charge is 2.09. The van der Waals surface area contributed by atoms with Crippen molar-refractivity contribution >= 4 is 10.9 Å². The molecule has 6 heteroatoms. The number of benzene rings is 3. The maximum absolute atomic E-state index is 12.5. The highest BCUT2D eigenvalue weighted by Crippen LogP contribution is 2.23. The second-order valence-corrected chi connectivity index (χ2v) is 7.33. The van der Waals surface area contributed by atoms with Crippen molar-refractivity contribution in [1.82, 2.24) is 9.55 Å². The van der Waals surface area contributed by atoms with Gasteiger partial charge in [0.25, 0.3) is 5.56 Å². The fraction of sp³-hybridized carbons (Fsp3) is 0.200. The summed E-state index contributed by atoms with van der Waals surface area (Å²) in [6, 6.07) is 20.5. The van der Waals surface area contributed by atoms with Gasteiger partial charge >= 0.3 is 0 Å². The van der Waals surface area contributed by atoms with Crippen LogP contribution in [0.1, 0.15) is 22.5 Å². The third-order valence-electron chi connectivity index (χ3n) is 5.31. The maximum atomic E-state index is 12.5. The highest BCUT2D eigenvalue weighted by atomic mass is 16.5. The molecule has 1 N–H and O–H groups in total. The molecule has 0 fully saturated rings. The van der Waals surface area contributed by atoms with Gasteiger partial charge in [0.05, 0.1) is 17.5 Å². The van der Waals surface area contributed by atoms with Crippen molar-refractivity contribution in [3.63, 3.8) is 0 Å². The Morgan fingerprint density at radius 1 is 0.935 bits per heavy atom. The number of hydrogen-bond acceptors (Lipinski definition) is 5. The number of aryl methyl sites for hydroxylation is 1. The van der Waals surface area contributed by atoms with Crippen molar-refractivity contribution in [1.29, 1.82) is 0 Å². The van der Waals surface area contributed by atoms with Crippen LogP contribution in [0.5, 0.6) is 11.5 Å². The van der Waals surface area contributed by atoms with Crippen molar-refractivity contribution in [2.75, 3.05) is 0 Å². The van der Waals surface area contributed by atoms with Gasteiger partial charge in [0.2, 0.25) is 0 Å². The largest absolute Gasteiger partial charge is 0.489 e. The zero-order valence-electron chi connectivity index (χ0n) is 17.5. The summed E-state index contributed by atoms with van der Waals surface area (Å²) in [5.41, 5.74) is 3.43. The van der Waals surface area contributed by atoms with Crippen LogP contribution in [-0.4, -0.2) is 14.7 Å². The summed E-state index contributed by atoms with van der Waals surface area (Å²) in [6.45, 7) is 2.46. The molecule has 0 bridgehead atoms. The molecule has 6 nitrogen and oxygen atoms in total. The molecule has 0 saturated carbocycles. The van der Waals surface area contributed by atoms with Gasteiger partial charge in [-0.1, -0.05) is 36.4 Å². The first-order chi connectivity index (χ1) is 15.1. The van der Waals surface area contributed by atoms with E-state index >= 15 is 0 Å². The second-order valence-electron chi connectivity index (χ2n) is 7.33. The van der Waals surface area contributed by atoms with Crippen molar-refractivity contribution in [3.8, 4) is 11.5 Å². The molecule has 1 heterocycles. The third-order valence-corrected chi connectivity index (χ3v) is 5.31. The number of ether oxygens (including phenoxy) is 2. The summed E-state index contributed by atoms with van der Waals surface area (Å²) in [5, 5.41) is 10.2. The Morgan fingerprint density at radius 2 is 1.65 bits per heavy atom. The lowest BCUT2D eigenvalue weighted by atomic mass is 10.0. The van der Waals surface area contributed by atoms with Crippen LogP contribution in [0.2, 0.25) is 0 Å². The summed E-state index contributed by atoms with van der Waals surface area (Å²) >= 11 is 0. The number of fused-ring (bicyclic) bond motifs is 1. The minimum absolute atomic E-state index is 0.0218. The molecule has 31 heavy (non-hydrogen) atoms. The quantitative estimate of drug-likeness (QED) is 0.495. The maximum Gasteiger partial charge on any atom is 0.261 e. The van der Waals surface area contributed by atoms with E-state index in [-0.39, 0.29) is 18.8 Å². The van der Waals surface area contributed by atoms with E-state index in [1.54, 1.807) is 19.2 Å². The molecule has 4 rings (SSSR count). The van der Waals surface area contributed by atoms with E-state index in [0.717, 1.165) is 16.7 Å². The van der Waals surface area contributed by atoms with Crippen LogP contribution in [0.25, 0.3) is 10.9 Å². The predicted octanol–water partition coefficient (Wildman–Crippen LogP) is 3.89. The third kappa shape index (κ3) is 4.44. The smallest absolute Gasteiger partial charge is 0.261 e. The van der Waals surface area contributed by atoms with Crippen molar-refractivity contribution in [3.05, 3.63) is 99.6 Å². The zero-order valence-corrected chi connectivity index (χ0v) is 17.5. The van der Waals surface area contributed by atoms with Crippen LogP contribution < -0.4 is 15.0 Å². The van der Waals surface area contributed by atoms with Crippen molar-refractivity contribution < 1.29 is 14.6 Å². The Kier molecular flexibility index (Phi) is 6.00. The summed E-state index contributed by atoms with van der Waals surface area (Å²) in [4.78, 5) is 17.1. The van der Waals surface area contributed by atoms with Gasteiger partial charge in [0.1, 0.15) is 30.5 Å². The molecule has 0 aliphatic carbocycles. The average Bonchev–Trinajstić information content (AvgIpc) is 2.79. The van der Waals surface area contributed by atoms with Gasteiger partial charge in [0, 0.05) is 13.1 Å². The Labute approximate surface area is 180 Å². The molecular formula is C25H24N2O4. The Morgan fingerprint density at radius 3 is 2.42 bits per heavy atom. The number of rotatable bonds is 7. The lowest BCUT2D eigenvalue weighted by Gasteiger charge is -2.13. The number of aliphatic hydroxyl groups is 1. The van der Waals surface area contributed by atoms with Gasteiger partial charge in [-0.2, -0.15) is 0 Å². The van der Waals surface area contributed by atoms with E-state index in [9.17, 15) is 9.90 Å². The minimum Gasteiger partial charge on any atom is -0.489 e. The second kappa shape index (κ2) is 9.02. The van der Waals surface area contributed by atoms with Gasteiger partial charge in [-0.25, -0.2) is 4.98 Å². The fourth-order valence-corrected chi connectivity index (χ4v) is 3.48. The van der Waals surface area contributed by atoms with E-state index in [1.165, 1.54) is 4.57 Å². The summed E-state index contributed by atoms with van der Waals surface area (Å²) in [6.07, 6.45) is 0. The molecule has 0 amide bonds. The lowest BCUT2D eigenvalue weighted by Crippen LogP contribution is -2.23. The molecular weight excluding hydrogens is 392 g/mol. The van der Waals surface area contributed by atoms with Gasteiger partial charge in [-0.05, 0) is 47.9 Å². The molecule has 1 aromatic heterocycles. The molecule has 0 aliphatic heterocycles. The molecule has 3 aromatic carbocycles. The molecule has 4 aromatic rings. The van der Waals surface area contributed by atoms with Crippen LogP contribution in [0.3, 0.4) is 0 Å². The van der Waals surface area contributed by atoms with Gasteiger partial charge < -0.3 is 14.6 Å². The SMILES string of the molecule is Cc1cccc(COc2cccc(OCc3nc4ccccc4c(=O)n3C)c2)c1CO. The van der Waals surface area contributed by atoms with Crippen LogP contribution in [0.15, 0.2) is 71.5 Å². The van der Waals surface area contributed by atoms with Crippen LogP contribution in [-0.2, 0) is 26.9 Å². The molecule has 0 radical (unpaired) electrons. The van der Waals surface area contributed by atoms with E-state index in [1.807, 2.05) is 61.5 Å². The molecule has 0 atom stereocenters. The monoisotopic (exact) mass is 416 g/mol. The Bertz CT molecular complexity index is 1280. The van der Waals surface area contributed by atoms with Crippen LogP contribution in [0, 0.1) is 6.92 Å². The molecule has 0 spiro atoms. The van der Waals surface area contributed by atoms with E-state index < -0.39 is 0 Å². The number of aromatic nitrogens is 2. The highest BCUT2D eigenvalue weighted by molar-refractivity contribution is 5.77.